The SMILES string of the molecule is C[C@H]1N=Cc2ncnc3c2cc(C2(C#N)CC2)c(=O)n3C(CF)CCCCCCN2CCC(CC2)C(F)(F)c2cccc1c2F. The summed E-state index contributed by atoms with van der Waals surface area (Å²) in [6.45, 7) is 2.70. The van der Waals surface area contributed by atoms with Crippen molar-refractivity contribution in [2.45, 2.75) is 88.1 Å². The van der Waals surface area contributed by atoms with Crippen molar-refractivity contribution in [3.63, 3.8) is 0 Å². The molecule has 1 unspecified atom stereocenters. The zero-order chi connectivity index (χ0) is 31.8. The van der Waals surface area contributed by atoms with E-state index in [9.17, 15) is 14.4 Å². The van der Waals surface area contributed by atoms with Crippen LogP contribution in [0.4, 0.5) is 17.6 Å². The number of nitrogens with zero attached hydrogens (tertiary/aromatic N) is 6. The highest BCUT2D eigenvalue weighted by Gasteiger charge is 2.48. The third-order valence-electron chi connectivity index (χ3n) is 10.0. The number of alkyl halides is 3. The molecular formula is C34H38F4N6O. The van der Waals surface area contributed by atoms with E-state index in [0.29, 0.717) is 49.9 Å². The lowest BCUT2D eigenvalue weighted by molar-refractivity contribution is -0.0880. The number of nitriles is 1. The van der Waals surface area contributed by atoms with Crippen LogP contribution in [0.15, 0.2) is 40.4 Å². The molecule has 45 heavy (non-hydrogen) atoms. The summed E-state index contributed by atoms with van der Waals surface area (Å²) < 4.78 is 63.4. The van der Waals surface area contributed by atoms with E-state index >= 15 is 13.2 Å². The third kappa shape index (κ3) is 5.89. The largest absolute Gasteiger partial charge is 0.303 e. The molecule has 7 rings (SSSR count). The van der Waals surface area contributed by atoms with Crippen LogP contribution < -0.4 is 5.56 Å². The second kappa shape index (κ2) is 12.6. The summed E-state index contributed by atoms with van der Waals surface area (Å²) in [5.74, 6) is -5.23. The Bertz CT molecular complexity index is 1690. The minimum absolute atomic E-state index is 0.0397. The van der Waals surface area contributed by atoms with Crippen LogP contribution in [0.25, 0.3) is 11.0 Å². The highest BCUT2D eigenvalue weighted by Crippen LogP contribution is 2.47. The number of hydrogen-bond donors (Lipinski definition) is 0. The standard InChI is InChI=1S/C34H38F4N6O/c1-22-25-8-6-9-27(30(25)36)34(37,38)23-10-15-43(16-11-23)14-5-3-2-4-7-24(18-35)44-31-26(29(19-40-22)41-21-42-31)17-28(32(44)45)33(20-39)12-13-33/h6,8-9,17,19,21-24H,2-5,7,10-16,18H2,1H3/t22-,24?/m1/s1. The lowest BCUT2D eigenvalue weighted by Gasteiger charge is -2.36. The van der Waals surface area contributed by atoms with Crippen LogP contribution >= 0.6 is 0 Å². The van der Waals surface area contributed by atoms with Crippen molar-refractivity contribution in [1.29, 1.82) is 5.26 Å². The molecule has 2 aromatic heterocycles. The number of aliphatic imine (C=N–C) groups is 1. The van der Waals surface area contributed by atoms with Gasteiger partial charge in [0.15, 0.2) is 0 Å². The molecule has 4 aliphatic rings. The Labute approximate surface area is 260 Å². The van der Waals surface area contributed by atoms with Crippen LogP contribution in [0.5, 0.6) is 0 Å². The topological polar surface area (TPSA) is 87.2 Å². The average molecular weight is 623 g/mol. The van der Waals surface area contributed by atoms with E-state index in [1.807, 2.05) is 0 Å². The number of benzene rings is 1. The Morgan fingerprint density at radius 3 is 2.49 bits per heavy atom. The van der Waals surface area contributed by atoms with Crippen LogP contribution in [0.3, 0.4) is 0 Å². The molecule has 0 N–H and O–H groups in total. The Kier molecular flexibility index (Phi) is 8.79. The molecule has 1 saturated heterocycles. The van der Waals surface area contributed by atoms with Gasteiger partial charge in [0.25, 0.3) is 11.5 Å². The number of aromatic nitrogens is 3. The van der Waals surface area contributed by atoms with Gasteiger partial charge in [0, 0.05) is 28.6 Å². The molecule has 1 saturated carbocycles. The number of pyridine rings is 1. The molecule has 7 nitrogen and oxygen atoms in total. The van der Waals surface area contributed by atoms with E-state index in [-0.39, 0.29) is 29.6 Å². The molecule has 3 aromatic rings. The summed E-state index contributed by atoms with van der Waals surface area (Å²) in [6, 6.07) is 6.37. The fourth-order valence-electron chi connectivity index (χ4n) is 6.99. The van der Waals surface area contributed by atoms with Crippen LogP contribution in [-0.4, -0.2) is 52.0 Å². The molecule has 0 amide bonds. The highest BCUT2D eigenvalue weighted by molar-refractivity contribution is 5.95. The van der Waals surface area contributed by atoms with Crippen LogP contribution in [-0.2, 0) is 11.3 Å². The Hall–Kier alpha value is -3.65. The van der Waals surface area contributed by atoms with Crippen molar-refractivity contribution in [2.24, 2.45) is 10.9 Å². The number of fused-ring (bicyclic) bond motifs is 9. The molecule has 238 valence electrons. The van der Waals surface area contributed by atoms with E-state index in [2.05, 4.69) is 25.9 Å². The first-order valence-electron chi connectivity index (χ1n) is 16.0. The van der Waals surface area contributed by atoms with E-state index in [1.165, 1.54) is 35.3 Å². The van der Waals surface area contributed by atoms with Gasteiger partial charge >= 0.3 is 0 Å². The predicted octanol–water partition coefficient (Wildman–Crippen LogP) is 6.94. The fraction of sp³-hybridized carbons (Fsp3) is 0.559. The monoisotopic (exact) mass is 622 g/mol. The molecule has 0 radical (unpaired) electrons. The van der Waals surface area contributed by atoms with Crippen molar-refractivity contribution in [2.75, 3.05) is 26.3 Å². The molecular weight excluding hydrogens is 584 g/mol. The number of halogens is 4. The lowest BCUT2D eigenvalue weighted by atomic mass is 9.85. The van der Waals surface area contributed by atoms with E-state index in [1.54, 1.807) is 13.0 Å². The van der Waals surface area contributed by atoms with Gasteiger partial charge < -0.3 is 4.90 Å². The average Bonchev–Trinajstić information content (AvgIpc) is 3.84. The Balaban J connectivity index is 1.46. The zero-order valence-corrected chi connectivity index (χ0v) is 25.5. The van der Waals surface area contributed by atoms with Gasteiger partial charge in [-0.15, -0.1) is 0 Å². The smallest absolute Gasteiger partial charge is 0.278 e. The van der Waals surface area contributed by atoms with Crippen LogP contribution in [0, 0.1) is 23.1 Å². The fourth-order valence-corrected chi connectivity index (χ4v) is 6.99. The Morgan fingerprint density at radius 2 is 1.78 bits per heavy atom. The van der Waals surface area contributed by atoms with E-state index < -0.39 is 53.0 Å². The van der Waals surface area contributed by atoms with Crippen molar-refractivity contribution in [1.82, 2.24) is 19.4 Å². The van der Waals surface area contributed by atoms with Gasteiger partial charge in [-0.2, -0.15) is 5.26 Å². The normalized spacial score (nSPS) is 26.6. The quantitative estimate of drug-likeness (QED) is 0.289. The summed E-state index contributed by atoms with van der Waals surface area (Å²) >= 11 is 0. The first-order chi connectivity index (χ1) is 21.7. The van der Waals surface area contributed by atoms with Gasteiger partial charge in [-0.3, -0.25) is 14.4 Å². The molecule has 2 fully saturated rings. The predicted molar refractivity (Wildman–Crippen MR) is 164 cm³/mol. The summed E-state index contributed by atoms with van der Waals surface area (Å²) in [4.78, 5) is 29.3. The molecule has 1 aromatic carbocycles. The van der Waals surface area contributed by atoms with Gasteiger partial charge in [-0.1, -0.05) is 37.5 Å². The molecule has 11 heteroatoms. The van der Waals surface area contributed by atoms with Gasteiger partial charge in [-0.05, 0) is 71.1 Å². The van der Waals surface area contributed by atoms with Gasteiger partial charge in [0.1, 0.15) is 24.5 Å². The molecule has 1 aliphatic carbocycles. The van der Waals surface area contributed by atoms with Gasteiger partial charge in [-0.25, -0.2) is 27.5 Å². The molecule has 2 atom stereocenters. The van der Waals surface area contributed by atoms with Crippen molar-refractivity contribution in [3.8, 4) is 6.07 Å². The van der Waals surface area contributed by atoms with Crippen molar-refractivity contribution in [3.05, 3.63) is 69.1 Å². The van der Waals surface area contributed by atoms with E-state index in [4.69, 9.17) is 0 Å². The van der Waals surface area contributed by atoms with E-state index in [0.717, 1.165) is 25.8 Å². The summed E-state index contributed by atoms with van der Waals surface area (Å²) in [5.41, 5.74) is -1.10. The lowest BCUT2D eigenvalue weighted by Crippen LogP contribution is -2.40. The first kappa shape index (κ1) is 31.3. The first-order valence-corrected chi connectivity index (χ1v) is 16.0. The van der Waals surface area contributed by atoms with Crippen molar-refractivity contribution >= 4 is 17.2 Å². The Morgan fingerprint density at radius 1 is 1.02 bits per heavy atom. The maximum absolute atomic E-state index is 15.8. The molecule has 8 bridgehead atoms. The third-order valence-corrected chi connectivity index (χ3v) is 10.0. The van der Waals surface area contributed by atoms with Crippen LogP contribution in [0.2, 0.25) is 0 Å². The minimum Gasteiger partial charge on any atom is -0.303 e. The second-order valence-corrected chi connectivity index (χ2v) is 12.8. The van der Waals surface area contributed by atoms with Crippen LogP contribution in [0.1, 0.15) is 99.2 Å². The second-order valence-electron chi connectivity index (χ2n) is 12.8. The highest BCUT2D eigenvalue weighted by atomic mass is 19.3. The summed E-state index contributed by atoms with van der Waals surface area (Å²) in [7, 11) is 0. The van der Waals surface area contributed by atoms with Crippen molar-refractivity contribution < 1.29 is 17.6 Å². The molecule has 0 spiro atoms. The number of rotatable bonds is 2. The zero-order valence-electron chi connectivity index (χ0n) is 25.5. The summed E-state index contributed by atoms with van der Waals surface area (Å²) in [5, 5.41) is 10.4. The molecule has 3 aliphatic heterocycles. The van der Waals surface area contributed by atoms with Gasteiger partial charge in [0.05, 0.1) is 34.8 Å². The van der Waals surface area contributed by atoms with Gasteiger partial charge in [0.2, 0.25) is 0 Å². The summed E-state index contributed by atoms with van der Waals surface area (Å²) in [6.07, 6.45) is 8.03. The number of piperidine rings is 1. The maximum Gasteiger partial charge on any atom is 0.278 e. The minimum atomic E-state index is -3.32. The molecule has 5 heterocycles. The number of hydrogen-bond acceptors (Lipinski definition) is 6. The maximum atomic E-state index is 15.8.